The summed E-state index contributed by atoms with van der Waals surface area (Å²) < 4.78 is 1.66. The van der Waals surface area contributed by atoms with Crippen LogP contribution < -0.4 is 9.88 Å². The molecule has 1 aromatic rings. The van der Waals surface area contributed by atoms with Crippen LogP contribution in [0.25, 0.3) is 0 Å². The Kier molecular flexibility index (Phi) is 4.76. The van der Waals surface area contributed by atoms with Gasteiger partial charge >= 0.3 is 0 Å². The van der Waals surface area contributed by atoms with Gasteiger partial charge in [-0.1, -0.05) is 13.3 Å². The van der Waals surface area contributed by atoms with Crippen molar-refractivity contribution < 1.29 is 14.5 Å². The van der Waals surface area contributed by atoms with Crippen LogP contribution in [0.1, 0.15) is 26.7 Å². The van der Waals surface area contributed by atoms with Gasteiger partial charge in [-0.3, -0.25) is 4.79 Å². The summed E-state index contributed by atoms with van der Waals surface area (Å²) in [7, 11) is 0. The third kappa shape index (κ3) is 4.29. The molecule has 4 heteroatoms. The third-order valence-corrected chi connectivity index (χ3v) is 2.30. The first-order valence-corrected chi connectivity index (χ1v) is 5.59. The van der Waals surface area contributed by atoms with Gasteiger partial charge in [0.25, 0.3) is 5.91 Å². The van der Waals surface area contributed by atoms with E-state index >= 15 is 0 Å². The highest BCUT2D eigenvalue weighted by atomic mass is 16.3. The minimum atomic E-state index is -0.0310. The summed E-state index contributed by atoms with van der Waals surface area (Å²) in [5.74, 6) is 0.133. The number of hydrogen-bond acceptors (Lipinski definition) is 2. The zero-order chi connectivity index (χ0) is 12.0. The molecule has 0 radical (unpaired) electrons. The second-order valence-electron chi connectivity index (χ2n) is 3.99. The van der Waals surface area contributed by atoms with Crippen LogP contribution in [0.2, 0.25) is 0 Å². The number of carbonyl (C=O) groups excluding carboxylic acids is 1. The number of nitrogens with one attached hydrogen (secondary N) is 1. The van der Waals surface area contributed by atoms with Crippen LogP contribution in [0.4, 0.5) is 0 Å². The Bertz CT molecular complexity index is 353. The average molecular weight is 223 g/mol. The van der Waals surface area contributed by atoms with Gasteiger partial charge in [-0.25, -0.2) is 0 Å². The molecule has 0 bridgehead atoms. The molecular formula is C12H19N2O2+. The third-order valence-electron chi connectivity index (χ3n) is 2.30. The first-order chi connectivity index (χ1) is 7.61. The quantitative estimate of drug-likeness (QED) is 0.731. The Balaban J connectivity index is 2.45. The fourth-order valence-electron chi connectivity index (χ4n) is 1.60. The second kappa shape index (κ2) is 6.10. The van der Waals surface area contributed by atoms with Crippen molar-refractivity contribution in [3.8, 4) is 5.75 Å². The Morgan fingerprint density at radius 2 is 2.38 bits per heavy atom. The van der Waals surface area contributed by atoms with Crippen molar-refractivity contribution >= 4 is 5.91 Å². The lowest BCUT2D eigenvalue weighted by Gasteiger charge is -2.10. The number of aromatic hydroxyl groups is 1. The zero-order valence-corrected chi connectivity index (χ0v) is 9.81. The molecule has 1 rings (SSSR count). The van der Waals surface area contributed by atoms with Gasteiger partial charge in [0.1, 0.15) is 0 Å². The maximum absolute atomic E-state index is 11.6. The van der Waals surface area contributed by atoms with Crippen molar-refractivity contribution in [1.29, 1.82) is 0 Å². The van der Waals surface area contributed by atoms with Crippen LogP contribution in [0.5, 0.6) is 5.75 Å². The monoisotopic (exact) mass is 223 g/mol. The molecule has 0 aliphatic carbocycles. The molecule has 0 aliphatic heterocycles. The normalized spacial score (nSPS) is 12.1. The number of nitrogens with zero attached hydrogens (tertiary/aromatic N) is 1. The molecule has 0 saturated carbocycles. The van der Waals surface area contributed by atoms with Crippen molar-refractivity contribution in [2.24, 2.45) is 0 Å². The van der Waals surface area contributed by atoms with Crippen molar-refractivity contribution in [3.05, 3.63) is 24.5 Å². The summed E-state index contributed by atoms with van der Waals surface area (Å²) in [5.41, 5.74) is 0. The minimum absolute atomic E-state index is 0.0310. The predicted molar refractivity (Wildman–Crippen MR) is 60.8 cm³/mol. The van der Waals surface area contributed by atoms with Gasteiger partial charge < -0.3 is 10.4 Å². The summed E-state index contributed by atoms with van der Waals surface area (Å²) in [6.45, 7) is 4.32. The molecule has 0 saturated heterocycles. The fourth-order valence-corrected chi connectivity index (χ4v) is 1.60. The van der Waals surface area contributed by atoms with E-state index in [0.717, 1.165) is 12.8 Å². The Labute approximate surface area is 95.9 Å². The molecule has 4 nitrogen and oxygen atoms in total. The lowest BCUT2D eigenvalue weighted by molar-refractivity contribution is -0.684. The molecule has 1 aromatic heterocycles. The van der Waals surface area contributed by atoms with Crippen molar-refractivity contribution in [3.63, 3.8) is 0 Å². The summed E-state index contributed by atoms with van der Waals surface area (Å²) in [6.07, 6.45) is 5.32. The molecule has 0 spiro atoms. The van der Waals surface area contributed by atoms with Crippen LogP contribution >= 0.6 is 0 Å². The van der Waals surface area contributed by atoms with Gasteiger partial charge in [0.2, 0.25) is 12.7 Å². The molecule has 0 aliphatic rings. The summed E-state index contributed by atoms with van der Waals surface area (Å²) >= 11 is 0. The Morgan fingerprint density at radius 3 is 3.00 bits per heavy atom. The number of pyridine rings is 1. The molecule has 0 fully saturated rings. The second-order valence-corrected chi connectivity index (χ2v) is 3.99. The van der Waals surface area contributed by atoms with Gasteiger partial charge in [-0.15, -0.1) is 0 Å². The minimum Gasteiger partial charge on any atom is -0.503 e. The summed E-state index contributed by atoms with van der Waals surface area (Å²) in [6, 6.07) is 3.49. The highest BCUT2D eigenvalue weighted by Gasteiger charge is 2.11. The van der Waals surface area contributed by atoms with E-state index in [4.69, 9.17) is 0 Å². The van der Waals surface area contributed by atoms with E-state index in [1.165, 1.54) is 6.20 Å². The Hall–Kier alpha value is -1.58. The van der Waals surface area contributed by atoms with E-state index in [1.54, 1.807) is 22.9 Å². The molecule has 88 valence electrons. The van der Waals surface area contributed by atoms with E-state index in [2.05, 4.69) is 12.2 Å². The van der Waals surface area contributed by atoms with Crippen molar-refractivity contribution in [2.75, 3.05) is 0 Å². The molecule has 1 amide bonds. The van der Waals surface area contributed by atoms with E-state index < -0.39 is 0 Å². The lowest BCUT2D eigenvalue weighted by Crippen LogP contribution is -2.44. The maximum Gasteiger partial charge on any atom is 0.286 e. The Morgan fingerprint density at radius 1 is 1.62 bits per heavy atom. The number of carbonyl (C=O) groups is 1. The largest absolute Gasteiger partial charge is 0.503 e. The molecule has 1 heterocycles. The number of amides is 1. The summed E-state index contributed by atoms with van der Waals surface area (Å²) in [5, 5.41) is 12.1. The van der Waals surface area contributed by atoms with Gasteiger partial charge in [-0.05, 0) is 19.4 Å². The van der Waals surface area contributed by atoms with Gasteiger partial charge in [0.05, 0.1) is 0 Å². The van der Waals surface area contributed by atoms with Crippen LogP contribution in [0.3, 0.4) is 0 Å². The summed E-state index contributed by atoms with van der Waals surface area (Å²) in [4.78, 5) is 11.6. The van der Waals surface area contributed by atoms with E-state index in [0.29, 0.717) is 0 Å². The highest BCUT2D eigenvalue weighted by molar-refractivity contribution is 5.74. The SMILES string of the molecule is CCC[C@@H](C)NC(=O)C[n+]1cccc(O)c1. The van der Waals surface area contributed by atoms with Crippen LogP contribution in [-0.4, -0.2) is 17.1 Å². The molecule has 2 N–H and O–H groups in total. The van der Waals surface area contributed by atoms with Gasteiger partial charge in [0.15, 0.2) is 11.9 Å². The predicted octanol–water partition coefficient (Wildman–Crippen LogP) is 0.984. The van der Waals surface area contributed by atoms with Gasteiger partial charge in [0, 0.05) is 12.1 Å². The number of rotatable bonds is 5. The standard InChI is InChI=1S/C12H18N2O2/c1-3-5-10(2)13-12(16)9-14-7-4-6-11(15)8-14/h4,6-8,10H,3,5,9H2,1-2H3,(H-,13,15,16)/p+1/t10-/m1/s1. The lowest BCUT2D eigenvalue weighted by atomic mass is 10.2. The highest BCUT2D eigenvalue weighted by Crippen LogP contribution is 2.00. The first kappa shape index (κ1) is 12.5. The van der Waals surface area contributed by atoms with Crippen LogP contribution in [0, 0.1) is 0 Å². The molecular weight excluding hydrogens is 204 g/mol. The molecule has 0 aromatic carbocycles. The number of aromatic nitrogens is 1. The molecule has 16 heavy (non-hydrogen) atoms. The van der Waals surface area contributed by atoms with E-state index in [9.17, 15) is 9.90 Å². The maximum atomic E-state index is 11.6. The first-order valence-electron chi connectivity index (χ1n) is 5.59. The molecule has 0 unspecified atom stereocenters. The fraction of sp³-hybridized carbons (Fsp3) is 0.500. The van der Waals surface area contributed by atoms with Crippen LogP contribution in [-0.2, 0) is 11.3 Å². The molecule has 1 atom stereocenters. The van der Waals surface area contributed by atoms with Crippen molar-refractivity contribution in [2.45, 2.75) is 39.3 Å². The zero-order valence-electron chi connectivity index (χ0n) is 9.81. The number of hydrogen-bond donors (Lipinski definition) is 2. The van der Waals surface area contributed by atoms with Crippen molar-refractivity contribution in [1.82, 2.24) is 5.32 Å². The van der Waals surface area contributed by atoms with Gasteiger partial charge in [-0.2, -0.15) is 4.57 Å². The van der Waals surface area contributed by atoms with E-state index in [1.807, 2.05) is 6.92 Å². The van der Waals surface area contributed by atoms with Crippen LogP contribution in [0.15, 0.2) is 24.5 Å². The topological polar surface area (TPSA) is 53.2 Å². The smallest absolute Gasteiger partial charge is 0.286 e. The average Bonchev–Trinajstić information content (AvgIpc) is 2.17. The van der Waals surface area contributed by atoms with E-state index in [-0.39, 0.29) is 24.2 Å².